The molecule has 0 radical (unpaired) electrons. The first-order valence-electron chi connectivity index (χ1n) is 6.86. The fourth-order valence-electron chi connectivity index (χ4n) is 2.82. The molecule has 2 aromatic heterocycles. The highest BCUT2D eigenvalue weighted by Gasteiger charge is 2.15. The maximum atomic E-state index is 11.8. The van der Waals surface area contributed by atoms with Crippen molar-refractivity contribution in [2.45, 2.75) is 30.2 Å². The van der Waals surface area contributed by atoms with Crippen molar-refractivity contribution in [3.05, 3.63) is 51.6 Å². The van der Waals surface area contributed by atoms with Crippen molar-refractivity contribution in [3.63, 3.8) is 0 Å². The number of rotatable bonds is 3. The second-order valence-corrected chi connectivity index (χ2v) is 6.10. The van der Waals surface area contributed by atoms with Gasteiger partial charge in [0.05, 0.1) is 0 Å². The fourth-order valence-corrected chi connectivity index (χ4v) is 3.59. The maximum Gasteiger partial charge on any atom is 0.336 e. The van der Waals surface area contributed by atoms with E-state index in [0.29, 0.717) is 11.3 Å². The van der Waals surface area contributed by atoms with E-state index in [1.807, 2.05) is 6.07 Å². The van der Waals surface area contributed by atoms with Crippen molar-refractivity contribution >= 4 is 22.7 Å². The minimum absolute atomic E-state index is 0.298. The molecule has 6 heteroatoms. The number of fused-ring (bicyclic) bond motifs is 2. The molecule has 2 heterocycles. The molecule has 0 saturated carbocycles. The molecule has 1 aliphatic carbocycles. The van der Waals surface area contributed by atoms with Crippen molar-refractivity contribution < 1.29 is 4.42 Å². The SMILES string of the molecule is O=c1cc(CSc2ncn[nH]2)c2cc3c(cc2o1)CCC3. The normalized spacial score (nSPS) is 13.7. The van der Waals surface area contributed by atoms with Gasteiger partial charge in [0.2, 0.25) is 0 Å². The predicted molar refractivity (Wildman–Crippen MR) is 80.5 cm³/mol. The summed E-state index contributed by atoms with van der Waals surface area (Å²) in [5.41, 5.74) is 4.07. The molecule has 3 aromatic rings. The Balaban J connectivity index is 1.78. The first-order chi connectivity index (χ1) is 10.3. The van der Waals surface area contributed by atoms with Gasteiger partial charge < -0.3 is 4.42 Å². The van der Waals surface area contributed by atoms with E-state index in [1.54, 1.807) is 6.07 Å². The van der Waals surface area contributed by atoms with Crippen molar-refractivity contribution in [3.8, 4) is 0 Å². The van der Waals surface area contributed by atoms with Crippen LogP contribution in [0, 0.1) is 0 Å². The molecule has 0 spiro atoms. The van der Waals surface area contributed by atoms with Gasteiger partial charge in [0, 0.05) is 17.2 Å². The maximum absolute atomic E-state index is 11.8. The molecule has 106 valence electrons. The lowest BCUT2D eigenvalue weighted by Gasteiger charge is -2.07. The standard InChI is InChI=1S/C15H13N3O2S/c19-14-6-11(7-21-15-16-8-17-18-15)12-4-9-2-1-3-10(9)5-13(12)20-14/h4-6,8H,1-3,7H2,(H,16,17,18). The van der Waals surface area contributed by atoms with E-state index in [9.17, 15) is 4.79 Å². The summed E-state index contributed by atoms with van der Waals surface area (Å²) in [6.45, 7) is 0. The van der Waals surface area contributed by atoms with Gasteiger partial charge in [0.1, 0.15) is 11.9 Å². The number of hydrogen-bond acceptors (Lipinski definition) is 5. The smallest absolute Gasteiger partial charge is 0.336 e. The number of H-pyrrole nitrogens is 1. The van der Waals surface area contributed by atoms with Crippen LogP contribution >= 0.6 is 11.8 Å². The molecule has 1 aliphatic rings. The zero-order valence-corrected chi connectivity index (χ0v) is 12.1. The number of nitrogens with zero attached hydrogens (tertiary/aromatic N) is 2. The largest absolute Gasteiger partial charge is 0.423 e. The van der Waals surface area contributed by atoms with Gasteiger partial charge in [-0.05, 0) is 48.1 Å². The minimum Gasteiger partial charge on any atom is -0.423 e. The molecule has 1 N–H and O–H groups in total. The van der Waals surface area contributed by atoms with Crippen LogP contribution in [0.15, 0.2) is 38.9 Å². The van der Waals surface area contributed by atoms with Crippen molar-refractivity contribution in [1.29, 1.82) is 0 Å². The summed E-state index contributed by atoms with van der Waals surface area (Å²) in [6, 6.07) is 5.78. The number of aromatic nitrogens is 3. The van der Waals surface area contributed by atoms with Gasteiger partial charge in [-0.3, -0.25) is 5.10 Å². The van der Waals surface area contributed by atoms with E-state index < -0.39 is 0 Å². The first-order valence-corrected chi connectivity index (χ1v) is 7.85. The lowest BCUT2D eigenvalue weighted by molar-refractivity contribution is 0.559. The van der Waals surface area contributed by atoms with Gasteiger partial charge in [-0.2, -0.15) is 5.10 Å². The van der Waals surface area contributed by atoms with Gasteiger partial charge in [0.25, 0.3) is 0 Å². The molecule has 0 saturated heterocycles. The number of benzene rings is 1. The summed E-state index contributed by atoms with van der Waals surface area (Å²) in [7, 11) is 0. The van der Waals surface area contributed by atoms with Crippen LogP contribution in [0.1, 0.15) is 23.1 Å². The third-order valence-electron chi connectivity index (χ3n) is 3.80. The summed E-state index contributed by atoms with van der Waals surface area (Å²) in [5.74, 6) is 0.663. The molecule has 0 amide bonds. The monoisotopic (exact) mass is 299 g/mol. The molecule has 0 bridgehead atoms. The Bertz CT molecular complexity index is 855. The highest BCUT2D eigenvalue weighted by molar-refractivity contribution is 7.98. The van der Waals surface area contributed by atoms with Crippen LogP contribution in [-0.4, -0.2) is 15.2 Å². The molecule has 5 nitrogen and oxygen atoms in total. The topological polar surface area (TPSA) is 71.8 Å². The summed E-state index contributed by atoms with van der Waals surface area (Å²) in [6.07, 6.45) is 4.84. The molecule has 1 aromatic carbocycles. The third kappa shape index (κ3) is 2.35. The average Bonchev–Trinajstić information content (AvgIpc) is 3.13. The molecule has 0 atom stereocenters. The molecule has 0 fully saturated rings. The Morgan fingerprint density at radius 3 is 2.90 bits per heavy atom. The fraction of sp³-hybridized carbons (Fsp3) is 0.267. The lowest BCUT2D eigenvalue weighted by Crippen LogP contribution is -2.01. The third-order valence-corrected chi connectivity index (χ3v) is 4.73. The predicted octanol–water partition coefficient (Wildman–Crippen LogP) is 2.69. The van der Waals surface area contributed by atoms with Crippen molar-refractivity contribution in [2.24, 2.45) is 0 Å². The van der Waals surface area contributed by atoms with E-state index in [4.69, 9.17) is 4.42 Å². The Morgan fingerprint density at radius 1 is 1.24 bits per heavy atom. The number of aromatic amines is 1. The summed E-state index contributed by atoms with van der Waals surface area (Å²) in [4.78, 5) is 15.8. The summed E-state index contributed by atoms with van der Waals surface area (Å²) >= 11 is 1.53. The molecular formula is C15H13N3O2S. The van der Waals surface area contributed by atoms with Crippen LogP contribution in [0.3, 0.4) is 0 Å². The highest BCUT2D eigenvalue weighted by atomic mass is 32.2. The van der Waals surface area contributed by atoms with Gasteiger partial charge in [-0.1, -0.05) is 11.8 Å². The number of thioether (sulfide) groups is 1. The molecule has 21 heavy (non-hydrogen) atoms. The second kappa shape index (κ2) is 5.04. The molecule has 0 aliphatic heterocycles. The number of nitrogens with one attached hydrogen (secondary N) is 1. The minimum atomic E-state index is -0.298. The Hall–Kier alpha value is -2.08. The van der Waals surface area contributed by atoms with Gasteiger partial charge in [-0.25, -0.2) is 9.78 Å². The quantitative estimate of drug-likeness (QED) is 0.594. The van der Waals surface area contributed by atoms with Crippen LogP contribution in [0.5, 0.6) is 0 Å². The number of hydrogen-bond donors (Lipinski definition) is 1. The zero-order chi connectivity index (χ0) is 14.2. The molecule has 0 unspecified atom stereocenters. The highest BCUT2D eigenvalue weighted by Crippen LogP contribution is 2.30. The van der Waals surface area contributed by atoms with E-state index >= 15 is 0 Å². The van der Waals surface area contributed by atoms with E-state index in [1.165, 1.54) is 35.6 Å². The van der Waals surface area contributed by atoms with Gasteiger partial charge in [0.15, 0.2) is 5.16 Å². The van der Waals surface area contributed by atoms with Crippen LogP contribution in [0.25, 0.3) is 11.0 Å². The zero-order valence-electron chi connectivity index (χ0n) is 11.3. The van der Waals surface area contributed by atoms with Crippen LogP contribution in [0.2, 0.25) is 0 Å². The van der Waals surface area contributed by atoms with Gasteiger partial charge in [-0.15, -0.1) is 0 Å². The molecular weight excluding hydrogens is 286 g/mol. The Kier molecular flexibility index (Phi) is 3.03. The van der Waals surface area contributed by atoms with Crippen LogP contribution in [0.4, 0.5) is 0 Å². The van der Waals surface area contributed by atoms with Gasteiger partial charge >= 0.3 is 5.63 Å². The Labute approximate surface area is 124 Å². The van der Waals surface area contributed by atoms with Crippen molar-refractivity contribution in [1.82, 2.24) is 15.2 Å². The average molecular weight is 299 g/mol. The van der Waals surface area contributed by atoms with Crippen LogP contribution in [-0.2, 0) is 18.6 Å². The summed E-state index contributed by atoms with van der Waals surface area (Å²) < 4.78 is 5.36. The summed E-state index contributed by atoms with van der Waals surface area (Å²) in [5, 5.41) is 8.41. The van der Waals surface area contributed by atoms with E-state index in [2.05, 4.69) is 21.2 Å². The van der Waals surface area contributed by atoms with Crippen LogP contribution < -0.4 is 5.63 Å². The van der Waals surface area contributed by atoms with Crippen molar-refractivity contribution in [2.75, 3.05) is 0 Å². The number of aryl methyl sites for hydroxylation is 2. The first kappa shape index (κ1) is 12.6. The Morgan fingerprint density at radius 2 is 2.10 bits per heavy atom. The second-order valence-electron chi connectivity index (χ2n) is 5.14. The molecule has 4 rings (SSSR count). The van der Waals surface area contributed by atoms with E-state index in [0.717, 1.165) is 28.9 Å². The van der Waals surface area contributed by atoms with E-state index in [-0.39, 0.29) is 5.63 Å². The lowest BCUT2D eigenvalue weighted by atomic mass is 10.0.